The van der Waals surface area contributed by atoms with Gasteiger partial charge in [0.15, 0.2) is 5.78 Å². The normalized spacial score (nSPS) is 17.4. The molecule has 0 N–H and O–H groups in total. The first-order chi connectivity index (χ1) is 15.3. The number of hydrogen-bond acceptors (Lipinski definition) is 4. The summed E-state index contributed by atoms with van der Waals surface area (Å²) in [5.74, 6) is 1.37. The number of methoxy groups -OCH3 is 1. The van der Waals surface area contributed by atoms with Gasteiger partial charge in [-0.05, 0) is 43.7 Å². The summed E-state index contributed by atoms with van der Waals surface area (Å²) in [6, 6.07) is 11.6. The summed E-state index contributed by atoms with van der Waals surface area (Å²) < 4.78 is 13.7. The Hall–Kier alpha value is -3.28. The lowest BCUT2D eigenvalue weighted by Gasteiger charge is -2.44. The monoisotopic (exact) mass is 432 g/mol. The number of piperidine rings is 1. The van der Waals surface area contributed by atoms with Crippen molar-refractivity contribution in [2.24, 2.45) is 7.05 Å². The topological polar surface area (TPSA) is 60.8 Å². The van der Waals surface area contributed by atoms with Gasteiger partial charge in [0.1, 0.15) is 22.8 Å². The van der Waals surface area contributed by atoms with Gasteiger partial charge in [-0.25, -0.2) is 0 Å². The van der Waals surface area contributed by atoms with Gasteiger partial charge >= 0.3 is 0 Å². The SMILES string of the molecule is COc1ccc2c(c1)OC1(CCN(C(=O)c3cc4cc(C)cc(C)c4n3C)CC1)CC2=O. The first-order valence-corrected chi connectivity index (χ1v) is 11.1. The second kappa shape index (κ2) is 7.40. The molecule has 6 heteroatoms. The number of likely N-dealkylation sites (tertiary alicyclic amines) is 1. The van der Waals surface area contributed by atoms with Crippen molar-refractivity contribution in [3.05, 3.63) is 58.8 Å². The number of carbonyl (C=O) groups excluding carboxylic acids is 2. The van der Waals surface area contributed by atoms with Crippen molar-refractivity contribution in [1.82, 2.24) is 9.47 Å². The van der Waals surface area contributed by atoms with Gasteiger partial charge in [0, 0.05) is 44.4 Å². The minimum absolute atomic E-state index is 0.0276. The van der Waals surface area contributed by atoms with Gasteiger partial charge in [-0.3, -0.25) is 9.59 Å². The zero-order valence-corrected chi connectivity index (χ0v) is 19.0. The van der Waals surface area contributed by atoms with Gasteiger partial charge < -0.3 is 18.9 Å². The van der Waals surface area contributed by atoms with E-state index in [0.29, 0.717) is 55.1 Å². The standard InChI is InChI=1S/C26H28N2O4/c1-16-11-17(2)24-18(12-16)13-21(27(24)3)25(30)28-9-7-26(8-10-28)15-22(29)20-6-5-19(31-4)14-23(20)32-26/h5-6,11-14H,7-10,15H2,1-4H3. The van der Waals surface area contributed by atoms with E-state index in [1.165, 1.54) is 11.1 Å². The highest BCUT2D eigenvalue weighted by Crippen LogP contribution is 2.41. The first kappa shape index (κ1) is 20.6. The third-order valence-electron chi connectivity index (χ3n) is 6.94. The predicted octanol–water partition coefficient (Wildman–Crippen LogP) is 4.44. The van der Waals surface area contributed by atoms with Crippen LogP contribution in [0.2, 0.25) is 0 Å². The highest BCUT2D eigenvalue weighted by atomic mass is 16.5. The summed E-state index contributed by atoms with van der Waals surface area (Å²) in [6.07, 6.45) is 1.60. The number of ketones is 1. The molecule has 0 radical (unpaired) electrons. The number of Topliss-reactive ketones (excluding diaryl/α,β-unsaturated/α-hetero) is 1. The highest BCUT2D eigenvalue weighted by Gasteiger charge is 2.44. The predicted molar refractivity (Wildman–Crippen MR) is 123 cm³/mol. The van der Waals surface area contributed by atoms with Crippen LogP contribution in [0.5, 0.6) is 11.5 Å². The smallest absolute Gasteiger partial charge is 0.270 e. The molecule has 0 saturated carbocycles. The van der Waals surface area contributed by atoms with Crippen LogP contribution in [-0.4, -0.2) is 47.0 Å². The molecule has 1 saturated heterocycles. The quantitative estimate of drug-likeness (QED) is 0.601. The molecule has 5 rings (SSSR count). The summed E-state index contributed by atoms with van der Waals surface area (Å²) in [5.41, 5.74) is 4.20. The lowest BCUT2D eigenvalue weighted by Crippen LogP contribution is -2.52. The second-order valence-electron chi connectivity index (χ2n) is 9.15. The zero-order chi connectivity index (χ0) is 22.6. The third-order valence-corrected chi connectivity index (χ3v) is 6.94. The first-order valence-electron chi connectivity index (χ1n) is 11.1. The molecular weight excluding hydrogens is 404 g/mol. The van der Waals surface area contributed by atoms with E-state index in [4.69, 9.17) is 9.47 Å². The van der Waals surface area contributed by atoms with E-state index >= 15 is 0 Å². The van der Waals surface area contributed by atoms with Gasteiger partial charge in [-0.1, -0.05) is 11.6 Å². The Morgan fingerprint density at radius 1 is 1.09 bits per heavy atom. The molecule has 2 aromatic carbocycles. The van der Waals surface area contributed by atoms with Crippen molar-refractivity contribution in [3.8, 4) is 11.5 Å². The van der Waals surface area contributed by atoms with Gasteiger partial charge in [0.05, 0.1) is 24.6 Å². The molecule has 0 atom stereocenters. The number of ether oxygens (including phenoxy) is 2. The summed E-state index contributed by atoms with van der Waals surface area (Å²) in [5, 5.41) is 1.09. The van der Waals surface area contributed by atoms with Crippen LogP contribution in [0.1, 0.15) is 51.2 Å². The number of rotatable bonds is 2. The fraction of sp³-hybridized carbons (Fsp3) is 0.385. The molecule has 0 bridgehead atoms. The van der Waals surface area contributed by atoms with E-state index in [1.807, 2.05) is 22.6 Å². The second-order valence-corrected chi connectivity index (χ2v) is 9.15. The van der Waals surface area contributed by atoms with Crippen LogP contribution in [-0.2, 0) is 7.05 Å². The van der Waals surface area contributed by atoms with Crippen molar-refractivity contribution in [3.63, 3.8) is 0 Å². The van der Waals surface area contributed by atoms with Gasteiger partial charge in [-0.2, -0.15) is 0 Å². The van der Waals surface area contributed by atoms with E-state index < -0.39 is 5.60 Å². The van der Waals surface area contributed by atoms with Gasteiger partial charge in [0.2, 0.25) is 0 Å². The lowest BCUT2D eigenvalue weighted by molar-refractivity contribution is -0.00601. The maximum absolute atomic E-state index is 13.4. The molecule has 3 aromatic rings. The van der Waals surface area contributed by atoms with Gasteiger partial charge in [0.25, 0.3) is 5.91 Å². The Morgan fingerprint density at radius 2 is 1.84 bits per heavy atom. The average molecular weight is 433 g/mol. The average Bonchev–Trinajstić information content (AvgIpc) is 3.09. The van der Waals surface area contributed by atoms with Crippen molar-refractivity contribution < 1.29 is 19.1 Å². The minimum Gasteiger partial charge on any atom is -0.497 e. The van der Waals surface area contributed by atoms with Crippen molar-refractivity contribution >= 4 is 22.6 Å². The van der Waals surface area contributed by atoms with E-state index in [-0.39, 0.29) is 11.7 Å². The molecule has 6 nitrogen and oxygen atoms in total. The third kappa shape index (κ3) is 3.25. The van der Waals surface area contributed by atoms with E-state index in [2.05, 4.69) is 26.0 Å². The fourth-order valence-electron chi connectivity index (χ4n) is 5.29. The van der Waals surface area contributed by atoms with Crippen LogP contribution in [0.4, 0.5) is 0 Å². The van der Waals surface area contributed by atoms with Crippen molar-refractivity contribution in [2.75, 3.05) is 20.2 Å². The van der Waals surface area contributed by atoms with Crippen LogP contribution >= 0.6 is 0 Å². The van der Waals surface area contributed by atoms with Crippen molar-refractivity contribution in [1.29, 1.82) is 0 Å². The molecule has 0 unspecified atom stereocenters. The van der Waals surface area contributed by atoms with Crippen LogP contribution in [0, 0.1) is 13.8 Å². The Kier molecular flexibility index (Phi) is 4.77. The molecule has 2 aliphatic heterocycles. The number of amides is 1. The van der Waals surface area contributed by atoms with E-state index in [1.54, 1.807) is 25.3 Å². The number of aromatic nitrogens is 1. The Morgan fingerprint density at radius 3 is 2.56 bits per heavy atom. The molecule has 1 amide bonds. The molecule has 32 heavy (non-hydrogen) atoms. The van der Waals surface area contributed by atoms with E-state index in [0.717, 1.165) is 10.9 Å². The number of nitrogens with zero attached hydrogens (tertiary/aromatic N) is 2. The Bertz CT molecular complexity index is 1250. The molecule has 3 heterocycles. The highest BCUT2D eigenvalue weighted by molar-refractivity contribution is 6.01. The molecule has 1 aromatic heterocycles. The Labute approximate surface area is 187 Å². The van der Waals surface area contributed by atoms with Crippen LogP contribution in [0.25, 0.3) is 10.9 Å². The largest absolute Gasteiger partial charge is 0.497 e. The summed E-state index contributed by atoms with van der Waals surface area (Å²) in [4.78, 5) is 28.1. The lowest BCUT2D eigenvalue weighted by atomic mass is 9.82. The summed E-state index contributed by atoms with van der Waals surface area (Å²) in [6.45, 7) is 5.28. The number of benzene rings is 2. The molecule has 1 spiro atoms. The molecule has 1 fully saturated rings. The van der Waals surface area contributed by atoms with Crippen LogP contribution in [0.3, 0.4) is 0 Å². The molecular formula is C26H28N2O4. The van der Waals surface area contributed by atoms with Crippen molar-refractivity contribution in [2.45, 2.75) is 38.7 Å². The maximum Gasteiger partial charge on any atom is 0.270 e. The summed E-state index contributed by atoms with van der Waals surface area (Å²) in [7, 11) is 3.55. The molecule has 166 valence electrons. The van der Waals surface area contributed by atoms with E-state index in [9.17, 15) is 9.59 Å². The van der Waals surface area contributed by atoms with Crippen LogP contribution in [0.15, 0.2) is 36.4 Å². The summed E-state index contributed by atoms with van der Waals surface area (Å²) >= 11 is 0. The number of fused-ring (bicyclic) bond motifs is 2. The molecule has 2 aliphatic rings. The Balaban J connectivity index is 1.36. The number of aryl methyl sites for hydroxylation is 3. The van der Waals surface area contributed by atoms with Gasteiger partial charge in [-0.15, -0.1) is 0 Å². The fourth-order valence-corrected chi connectivity index (χ4v) is 5.29. The maximum atomic E-state index is 13.4. The number of carbonyl (C=O) groups is 2. The van der Waals surface area contributed by atoms with Crippen LogP contribution < -0.4 is 9.47 Å². The number of hydrogen-bond donors (Lipinski definition) is 0. The zero-order valence-electron chi connectivity index (χ0n) is 19.0. The molecule has 0 aliphatic carbocycles. The minimum atomic E-state index is -0.556.